The molecule has 0 N–H and O–H groups in total. The van der Waals surface area contributed by atoms with Gasteiger partial charge >= 0.3 is 0 Å². The average Bonchev–Trinajstić information content (AvgIpc) is 3.17. The largest absolute Gasteiger partial charge is 0.337 e. The first-order valence-electron chi connectivity index (χ1n) is 8.96. The molecule has 2 amide bonds. The van der Waals surface area contributed by atoms with Crippen LogP contribution in [0.25, 0.3) is 0 Å². The second-order valence-corrected chi connectivity index (χ2v) is 7.28. The molecule has 136 valence electrons. The summed E-state index contributed by atoms with van der Waals surface area (Å²) in [5.74, 6) is -2.26. The van der Waals surface area contributed by atoms with Crippen LogP contribution in [0.4, 0.5) is 14.5 Å². The Balaban J connectivity index is 1.77. The van der Waals surface area contributed by atoms with Gasteiger partial charge in [0.1, 0.15) is 11.6 Å². The zero-order valence-electron chi connectivity index (χ0n) is 14.7. The van der Waals surface area contributed by atoms with Gasteiger partial charge in [0.15, 0.2) is 0 Å². The maximum Gasteiger partial charge on any atom is 0.228 e. The number of hydrogen-bond donors (Lipinski definition) is 0. The number of carbonyl (C=O) groups excluding carboxylic acids is 2. The van der Waals surface area contributed by atoms with Crippen molar-refractivity contribution in [3.05, 3.63) is 29.8 Å². The molecule has 6 heteroatoms. The van der Waals surface area contributed by atoms with Gasteiger partial charge in [-0.05, 0) is 38.8 Å². The first kappa shape index (κ1) is 17.8. The molecule has 4 nitrogen and oxygen atoms in total. The van der Waals surface area contributed by atoms with Crippen LogP contribution in [-0.4, -0.2) is 35.3 Å². The lowest BCUT2D eigenvalue weighted by Crippen LogP contribution is -2.47. The maximum atomic E-state index is 14.0. The third kappa shape index (κ3) is 3.53. The van der Waals surface area contributed by atoms with Crippen LogP contribution < -0.4 is 4.90 Å². The molecule has 0 radical (unpaired) electrons. The first-order valence-corrected chi connectivity index (χ1v) is 8.96. The smallest absolute Gasteiger partial charge is 0.228 e. The van der Waals surface area contributed by atoms with Gasteiger partial charge in [-0.1, -0.05) is 12.8 Å². The summed E-state index contributed by atoms with van der Waals surface area (Å²) in [7, 11) is 0. The fourth-order valence-electron chi connectivity index (χ4n) is 4.06. The Bertz CT molecular complexity index is 671. The lowest BCUT2D eigenvalue weighted by atomic mass is 10.0. The van der Waals surface area contributed by atoms with E-state index in [2.05, 4.69) is 0 Å². The third-order valence-corrected chi connectivity index (χ3v) is 5.20. The van der Waals surface area contributed by atoms with E-state index in [-0.39, 0.29) is 42.6 Å². The molecule has 3 rings (SSSR count). The molecule has 25 heavy (non-hydrogen) atoms. The van der Waals surface area contributed by atoms with Crippen molar-refractivity contribution in [3.63, 3.8) is 0 Å². The Morgan fingerprint density at radius 1 is 1.24 bits per heavy atom. The number of nitrogens with zero attached hydrogens (tertiary/aromatic N) is 2. The monoisotopic (exact) mass is 350 g/mol. The fraction of sp³-hybridized carbons (Fsp3) is 0.579. The molecule has 1 aliphatic carbocycles. The Hall–Kier alpha value is -1.98. The van der Waals surface area contributed by atoms with Crippen LogP contribution in [0.15, 0.2) is 18.2 Å². The van der Waals surface area contributed by atoms with Crippen molar-refractivity contribution < 1.29 is 18.4 Å². The topological polar surface area (TPSA) is 40.6 Å². The van der Waals surface area contributed by atoms with Crippen molar-refractivity contribution in [1.82, 2.24) is 4.90 Å². The summed E-state index contributed by atoms with van der Waals surface area (Å²) in [5.41, 5.74) is 0.0404. The molecule has 2 fully saturated rings. The van der Waals surface area contributed by atoms with Crippen molar-refractivity contribution in [2.75, 3.05) is 11.4 Å². The second-order valence-electron chi connectivity index (χ2n) is 7.28. The van der Waals surface area contributed by atoms with Crippen molar-refractivity contribution in [3.8, 4) is 0 Å². The lowest BCUT2D eigenvalue weighted by molar-refractivity contribution is -0.140. The van der Waals surface area contributed by atoms with Gasteiger partial charge < -0.3 is 9.80 Å². The summed E-state index contributed by atoms with van der Waals surface area (Å²) in [6.45, 7) is 4.13. The number of carbonyl (C=O) groups is 2. The number of benzene rings is 1. The van der Waals surface area contributed by atoms with E-state index in [0.717, 1.165) is 37.8 Å². The number of anilines is 1. The van der Waals surface area contributed by atoms with Crippen LogP contribution in [-0.2, 0) is 9.59 Å². The summed E-state index contributed by atoms with van der Waals surface area (Å²) < 4.78 is 27.1. The quantitative estimate of drug-likeness (QED) is 0.834. The Kier molecular flexibility index (Phi) is 5.06. The van der Waals surface area contributed by atoms with Gasteiger partial charge in [-0.2, -0.15) is 0 Å². The molecule has 0 spiro atoms. The van der Waals surface area contributed by atoms with Crippen LogP contribution in [0, 0.1) is 17.6 Å². The normalized spacial score (nSPS) is 21.4. The first-order chi connectivity index (χ1) is 11.9. The van der Waals surface area contributed by atoms with Gasteiger partial charge in [0.05, 0.1) is 11.6 Å². The molecule has 1 heterocycles. The van der Waals surface area contributed by atoms with Crippen molar-refractivity contribution in [2.24, 2.45) is 5.92 Å². The molecular weight excluding hydrogens is 326 g/mol. The number of amides is 2. The molecule has 1 atom stereocenters. The Labute approximate surface area is 146 Å². The van der Waals surface area contributed by atoms with E-state index < -0.39 is 17.6 Å². The van der Waals surface area contributed by atoms with Crippen LogP contribution in [0.2, 0.25) is 0 Å². The predicted octanol–water partition coefficient (Wildman–Crippen LogP) is 3.50. The summed E-state index contributed by atoms with van der Waals surface area (Å²) >= 11 is 0. The van der Waals surface area contributed by atoms with Gasteiger partial charge in [0.25, 0.3) is 0 Å². The van der Waals surface area contributed by atoms with Gasteiger partial charge in [0.2, 0.25) is 11.8 Å². The Morgan fingerprint density at radius 2 is 1.92 bits per heavy atom. The molecule has 1 saturated carbocycles. The van der Waals surface area contributed by atoms with E-state index in [1.54, 1.807) is 0 Å². The van der Waals surface area contributed by atoms with Crippen LogP contribution in [0.3, 0.4) is 0 Å². The number of rotatable bonds is 4. The van der Waals surface area contributed by atoms with Gasteiger partial charge in [-0.25, -0.2) is 8.78 Å². The lowest BCUT2D eigenvalue weighted by Gasteiger charge is -2.34. The zero-order chi connectivity index (χ0) is 18.1. The zero-order valence-corrected chi connectivity index (χ0v) is 14.7. The minimum Gasteiger partial charge on any atom is -0.337 e. The molecule has 1 aliphatic heterocycles. The molecule has 0 bridgehead atoms. The molecule has 1 unspecified atom stereocenters. The van der Waals surface area contributed by atoms with Crippen LogP contribution in [0.5, 0.6) is 0 Å². The molecule has 2 aliphatic rings. The summed E-state index contributed by atoms with van der Waals surface area (Å²) in [6, 6.07) is 3.45. The SMILES string of the molecule is CC(C)N(C(=O)C1CC(=O)N(c2ccc(F)cc2F)C1)C1CCCC1. The van der Waals surface area contributed by atoms with Gasteiger partial charge in [0, 0.05) is 31.1 Å². The maximum absolute atomic E-state index is 14.0. The standard InChI is InChI=1S/C19H24F2N2O2/c1-12(2)23(15-5-3-4-6-15)19(25)13-9-18(24)22(11-13)17-8-7-14(20)10-16(17)21/h7-8,10,12-13,15H,3-6,9,11H2,1-2H3. The van der Waals surface area contributed by atoms with Crippen molar-refractivity contribution in [1.29, 1.82) is 0 Å². The van der Waals surface area contributed by atoms with Crippen LogP contribution in [0.1, 0.15) is 46.0 Å². The minimum absolute atomic E-state index is 0.0275. The summed E-state index contributed by atoms with van der Waals surface area (Å²) in [6.07, 6.45) is 4.32. The molecule has 1 aromatic rings. The predicted molar refractivity (Wildman–Crippen MR) is 91.1 cm³/mol. The highest BCUT2D eigenvalue weighted by Gasteiger charge is 2.40. The van der Waals surface area contributed by atoms with Crippen molar-refractivity contribution in [2.45, 2.75) is 58.0 Å². The summed E-state index contributed by atoms with van der Waals surface area (Å²) in [4.78, 5) is 28.5. The van der Waals surface area contributed by atoms with Gasteiger partial charge in [-0.15, -0.1) is 0 Å². The molecule has 0 aromatic heterocycles. The van der Waals surface area contributed by atoms with E-state index in [1.807, 2.05) is 18.7 Å². The van der Waals surface area contributed by atoms with E-state index >= 15 is 0 Å². The van der Waals surface area contributed by atoms with E-state index in [1.165, 1.54) is 11.0 Å². The number of hydrogen-bond acceptors (Lipinski definition) is 2. The van der Waals surface area contributed by atoms with Gasteiger partial charge in [-0.3, -0.25) is 9.59 Å². The third-order valence-electron chi connectivity index (χ3n) is 5.20. The second kappa shape index (κ2) is 7.10. The van der Waals surface area contributed by atoms with E-state index in [9.17, 15) is 18.4 Å². The van der Waals surface area contributed by atoms with E-state index in [0.29, 0.717) is 0 Å². The Morgan fingerprint density at radius 3 is 2.52 bits per heavy atom. The van der Waals surface area contributed by atoms with Crippen LogP contribution >= 0.6 is 0 Å². The highest BCUT2D eigenvalue weighted by atomic mass is 19.1. The average molecular weight is 350 g/mol. The van der Waals surface area contributed by atoms with Crippen molar-refractivity contribution >= 4 is 17.5 Å². The highest BCUT2D eigenvalue weighted by molar-refractivity contribution is 6.00. The highest BCUT2D eigenvalue weighted by Crippen LogP contribution is 2.32. The molecule has 1 aromatic carbocycles. The fourth-order valence-corrected chi connectivity index (χ4v) is 4.06. The molecular formula is C19H24F2N2O2. The number of halogens is 2. The van der Waals surface area contributed by atoms with E-state index in [4.69, 9.17) is 0 Å². The summed E-state index contributed by atoms with van der Waals surface area (Å²) in [5, 5.41) is 0. The molecule has 1 saturated heterocycles. The minimum atomic E-state index is -0.780.